The second-order valence-electron chi connectivity index (χ2n) is 1.99. The highest BCUT2D eigenvalue weighted by molar-refractivity contribution is 8.93. The fraction of sp³-hybridized carbons (Fsp3) is 0.833. The number of thioether (sulfide) groups is 1. The Kier molecular flexibility index (Phi) is 9.58. The Labute approximate surface area is 77.4 Å². The van der Waals surface area contributed by atoms with Gasteiger partial charge in [-0.3, -0.25) is 4.99 Å². The predicted molar refractivity (Wildman–Crippen MR) is 55.2 cm³/mol. The van der Waals surface area contributed by atoms with Crippen LogP contribution in [0.15, 0.2) is 4.99 Å². The van der Waals surface area contributed by atoms with Gasteiger partial charge in [-0.1, -0.05) is 18.7 Å². The van der Waals surface area contributed by atoms with Crippen molar-refractivity contribution in [3.63, 3.8) is 0 Å². The minimum atomic E-state index is 0. The molecular formula is C6H15BrN2S. The first kappa shape index (κ1) is 12.9. The van der Waals surface area contributed by atoms with Crippen LogP contribution in [0.25, 0.3) is 0 Å². The van der Waals surface area contributed by atoms with Crippen molar-refractivity contribution in [2.45, 2.75) is 26.8 Å². The summed E-state index contributed by atoms with van der Waals surface area (Å²) < 4.78 is 0. The topological polar surface area (TPSA) is 38.4 Å². The first-order valence-electron chi connectivity index (χ1n) is 3.13. The molecule has 0 atom stereocenters. The molecule has 0 aliphatic rings. The fourth-order valence-corrected chi connectivity index (χ4v) is 1.02. The van der Waals surface area contributed by atoms with Crippen molar-refractivity contribution in [3.8, 4) is 0 Å². The molecule has 0 aliphatic carbocycles. The quantitative estimate of drug-likeness (QED) is 0.579. The Hall–Kier alpha value is 0.300. The molecule has 2 nitrogen and oxygen atoms in total. The zero-order valence-electron chi connectivity index (χ0n) is 6.63. The van der Waals surface area contributed by atoms with Gasteiger partial charge in [-0.25, -0.2) is 0 Å². The van der Waals surface area contributed by atoms with Crippen molar-refractivity contribution in [2.24, 2.45) is 10.7 Å². The first-order chi connectivity index (χ1) is 4.16. The second kappa shape index (κ2) is 7.41. The third kappa shape index (κ3) is 8.30. The van der Waals surface area contributed by atoms with E-state index in [9.17, 15) is 0 Å². The van der Waals surface area contributed by atoms with E-state index in [0.717, 1.165) is 5.75 Å². The molecule has 0 unspecified atom stereocenters. The maximum Gasteiger partial charge on any atom is 0.154 e. The minimum Gasteiger partial charge on any atom is -0.379 e. The van der Waals surface area contributed by atoms with Gasteiger partial charge in [0.15, 0.2) is 5.17 Å². The molecule has 0 rings (SSSR count). The van der Waals surface area contributed by atoms with Gasteiger partial charge < -0.3 is 5.73 Å². The lowest BCUT2D eigenvalue weighted by Crippen LogP contribution is -2.09. The van der Waals surface area contributed by atoms with Gasteiger partial charge in [0, 0.05) is 6.04 Å². The van der Waals surface area contributed by atoms with Crippen LogP contribution < -0.4 is 5.73 Å². The number of amidine groups is 1. The van der Waals surface area contributed by atoms with E-state index < -0.39 is 0 Å². The summed E-state index contributed by atoms with van der Waals surface area (Å²) in [6, 6.07) is 0.323. The maximum atomic E-state index is 5.50. The van der Waals surface area contributed by atoms with E-state index in [2.05, 4.69) is 11.9 Å². The van der Waals surface area contributed by atoms with E-state index in [1.807, 2.05) is 13.8 Å². The molecule has 4 heteroatoms. The summed E-state index contributed by atoms with van der Waals surface area (Å²) >= 11 is 1.59. The van der Waals surface area contributed by atoms with Crippen LogP contribution in [-0.2, 0) is 0 Å². The summed E-state index contributed by atoms with van der Waals surface area (Å²) in [5, 5.41) is 0.701. The molecule has 0 bridgehead atoms. The van der Waals surface area contributed by atoms with Crippen LogP contribution in [0, 0.1) is 0 Å². The normalized spacial score (nSPS) is 11.4. The van der Waals surface area contributed by atoms with Crippen molar-refractivity contribution in [1.29, 1.82) is 0 Å². The summed E-state index contributed by atoms with van der Waals surface area (Å²) in [7, 11) is 0. The average Bonchev–Trinajstić information content (AvgIpc) is 1.63. The molecule has 0 fully saturated rings. The Bertz CT molecular complexity index is 104. The number of hydrogen-bond acceptors (Lipinski definition) is 2. The molecule has 10 heavy (non-hydrogen) atoms. The fourth-order valence-electron chi connectivity index (χ4n) is 0.440. The lowest BCUT2D eigenvalue weighted by molar-refractivity contribution is 0.838. The zero-order valence-corrected chi connectivity index (χ0v) is 9.16. The van der Waals surface area contributed by atoms with Crippen LogP contribution in [0.1, 0.15) is 20.8 Å². The second-order valence-corrected chi connectivity index (χ2v) is 3.28. The molecule has 62 valence electrons. The highest BCUT2D eigenvalue weighted by Crippen LogP contribution is 1.99. The lowest BCUT2D eigenvalue weighted by Gasteiger charge is -1.98. The molecule has 2 N–H and O–H groups in total. The average molecular weight is 227 g/mol. The first-order valence-corrected chi connectivity index (χ1v) is 4.11. The zero-order chi connectivity index (χ0) is 7.28. The van der Waals surface area contributed by atoms with Crippen LogP contribution in [0.5, 0.6) is 0 Å². The number of nitrogens with two attached hydrogens (primary N) is 1. The van der Waals surface area contributed by atoms with E-state index in [0.29, 0.717) is 11.2 Å². The SMILES string of the molecule is Br.CCSC(N)=NC(C)C. The molecule has 0 amide bonds. The number of nitrogens with zero attached hydrogens (tertiary/aromatic N) is 1. The van der Waals surface area contributed by atoms with Crippen LogP contribution in [-0.4, -0.2) is 17.0 Å². The van der Waals surface area contributed by atoms with Gasteiger partial charge in [0.25, 0.3) is 0 Å². The van der Waals surface area contributed by atoms with Gasteiger partial charge in [-0.2, -0.15) is 0 Å². The van der Waals surface area contributed by atoms with Gasteiger partial charge in [0.1, 0.15) is 0 Å². The maximum absolute atomic E-state index is 5.50. The van der Waals surface area contributed by atoms with Crippen molar-refractivity contribution in [3.05, 3.63) is 0 Å². The smallest absolute Gasteiger partial charge is 0.154 e. The Morgan fingerprint density at radius 1 is 1.60 bits per heavy atom. The lowest BCUT2D eigenvalue weighted by atomic mass is 10.4. The summed E-state index contributed by atoms with van der Waals surface area (Å²) in [6.07, 6.45) is 0. The summed E-state index contributed by atoms with van der Waals surface area (Å²) in [5.41, 5.74) is 5.50. The predicted octanol–water partition coefficient (Wildman–Crippen LogP) is 2.04. The molecule has 0 radical (unpaired) electrons. The molecule has 0 aromatic carbocycles. The summed E-state index contributed by atoms with van der Waals surface area (Å²) in [6.45, 7) is 6.10. The molecule has 0 heterocycles. The van der Waals surface area contributed by atoms with E-state index >= 15 is 0 Å². The van der Waals surface area contributed by atoms with E-state index in [4.69, 9.17) is 5.73 Å². The van der Waals surface area contributed by atoms with Gasteiger partial charge in [0.2, 0.25) is 0 Å². The minimum absolute atomic E-state index is 0. The standard InChI is InChI=1S/C6H14N2S.BrH/c1-4-9-6(7)8-5(2)3;/h5H,4H2,1-3H3,(H2,7,8);1H. The van der Waals surface area contributed by atoms with Crippen molar-refractivity contribution in [1.82, 2.24) is 0 Å². The van der Waals surface area contributed by atoms with Crippen LogP contribution >= 0.6 is 28.7 Å². The Balaban J connectivity index is 0. The Morgan fingerprint density at radius 2 is 2.10 bits per heavy atom. The van der Waals surface area contributed by atoms with Crippen molar-refractivity contribution < 1.29 is 0 Å². The highest BCUT2D eigenvalue weighted by Gasteiger charge is 1.91. The number of hydrogen-bond donors (Lipinski definition) is 1. The van der Waals surface area contributed by atoms with Gasteiger partial charge in [0.05, 0.1) is 0 Å². The van der Waals surface area contributed by atoms with Gasteiger partial charge >= 0.3 is 0 Å². The van der Waals surface area contributed by atoms with Gasteiger partial charge in [-0.15, -0.1) is 17.0 Å². The van der Waals surface area contributed by atoms with Crippen LogP contribution in [0.4, 0.5) is 0 Å². The summed E-state index contributed by atoms with van der Waals surface area (Å²) in [5.74, 6) is 1.00. The molecule has 0 saturated carbocycles. The van der Waals surface area contributed by atoms with E-state index in [1.165, 1.54) is 0 Å². The van der Waals surface area contributed by atoms with Gasteiger partial charge in [-0.05, 0) is 19.6 Å². The monoisotopic (exact) mass is 226 g/mol. The van der Waals surface area contributed by atoms with Crippen molar-refractivity contribution in [2.75, 3.05) is 5.75 Å². The van der Waals surface area contributed by atoms with E-state index in [-0.39, 0.29) is 17.0 Å². The third-order valence-electron chi connectivity index (χ3n) is 0.678. The van der Waals surface area contributed by atoms with E-state index in [1.54, 1.807) is 11.8 Å². The molecule has 0 aromatic heterocycles. The molecule has 0 aliphatic heterocycles. The Morgan fingerprint density at radius 3 is 2.40 bits per heavy atom. The summed E-state index contributed by atoms with van der Waals surface area (Å²) in [4.78, 5) is 4.12. The molecule has 0 aromatic rings. The number of halogens is 1. The third-order valence-corrected chi connectivity index (χ3v) is 1.37. The highest BCUT2D eigenvalue weighted by atomic mass is 79.9. The molecular weight excluding hydrogens is 212 g/mol. The molecule has 0 saturated heterocycles. The number of rotatable bonds is 2. The van der Waals surface area contributed by atoms with Crippen molar-refractivity contribution >= 4 is 33.9 Å². The van der Waals surface area contributed by atoms with Crippen LogP contribution in [0.3, 0.4) is 0 Å². The molecule has 0 spiro atoms. The largest absolute Gasteiger partial charge is 0.379 e. The van der Waals surface area contributed by atoms with Crippen LogP contribution in [0.2, 0.25) is 0 Å². The number of aliphatic imine (C=N–C) groups is 1.